The maximum atomic E-state index is 11.8. The van der Waals surface area contributed by atoms with Gasteiger partial charge in [-0.3, -0.25) is 4.79 Å². The Bertz CT molecular complexity index is 555. The molecule has 0 aliphatic rings. The number of carboxylic acids is 2. The summed E-state index contributed by atoms with van der Waals surface area (Å²) >= 11 is 0. The number of hydrogen-bond acceptors (Lipinski definition) is 5. The first-order valence-corrected chi connectivity index (χ1v) is 6.76. The average molecular weight is 276 g/mol. The molecule has 0 radical (unpaired) electrons. The predicted octanol–water partition coefficient (Wildman–Crippen LogP) is 0.756. The number of hydrogen-bond donors (Lipinski definition) is 2. The summed E-state index contributed by atoms with van der Waals surface area (Å²) in [7, 11) is -3.92. The topological polar surface area (TPSA) is 122 Å². The number of furan rings is 1. The van der Waals surface area contributed by atoms with Crippen molar-refractivity contribution in [2.24, 2.45) is 0 Å². The van der Waals surface area contributed by atoms with Gasteiger partial charge >= 0.3 is 11.9 Å². The molecular weight excluding hydrogens is 264 g/mol. The van der Waals surface area contributed by atoms with E-state index in [9.17, 15) is 18.0 Å². The first-order chi connectivity index (χ1) is 8.27. The summed E-state index contributed by atoms with van der Waals surface area (Å²) < 4.78 is 28.3. The molecule has 0 fully saturated rings. The van der Waals surface area contributed by atoms with Crippen LogP contribution in [0.25, 0.3) is 0 Å². The third kappa shape index (κ3) is 3.10. The van der Waals surface area contributed by atoms with Crippen LogP contribution in [0.5, 0.6) is 0 Å². The number of aliphatic carboxylic acids is 1. The molecule has 2 N–H and O–H groups in total. The molecule has 0 amide bonds. The number of carboxylic acid groups (broad SMARTS) is 2. The summed E-state index contributed by atoms with van der Waals surface area (Å²) in [5.41, 5.74) is 0. The van der Waals surface area contributed by atoms with E-state index >= 15 is 0 Å². The fraction of sp³-hybridized carbons (Fsp3) is 0.400. The zero-order valence-corrected chi connectivity index (χ0v) is 10.3. The zero-order valence-electron chi connectivity index (χ0n) is 9.49. The van der Waals surface area contributed by atoms with Gasteiger partial charge in [0.05, 0.1) is 0 Å². The highest BCUT2D eigenvalue weighted by Crippen LogP contribution is 2.16. The van der Waals surface area contributed by atoms with Crippen molar-refractivity contribution in [1.82, 2.24) is 0 Å². The van der Waals surface area contributed by atoms with Gasteiger partial charge in [0.15, 0.2) is 15.1 Å². The third-order valence-electron chi connectivity index (χ3n) is 2.30. The summed E-state index contributed by atoms with van der Waals surface area (Å²) in [5.74, 6) is -3.85. The fourth-order valence-corrected chi connectivity index (χ4v) is 3.02. The van der Waals surface area contributed by atoms with Crippen LogP contribution >= 0.6 is 0 Å². The van der Waals surface area contributed by atoms with Crippen LogP contribution in [0.3, 0.4) is 0 Å². The number of rotatable bonds is 6. The largest absolute Gasteiger partial charge is 0.480 e. The van der Waals surface area contributed by atoms with E-state index in [4.69, 9.17) is 14.6 Å². The van der Waals surface area contributed by atoms with Gasteiger partial charge in [0.1, 0.15) is 11.5 Å². The highest BCUT2D eigenvalue weighted by Gasteiger charge is 2.31. The van der Waals surface area contributed by atoms with Gasteiger partial charge in [0.25, 0.3) is 0 Å². The normalized spacial score (nSPS) is 13.2. The molecule has 0 aliphatic carbocycles. The Balaban J connectivity index is 2.94. The molecule has 1 rings (SSSR count). The highest BCUT2D eigenvalue weighted by molar-refractivity contribution is 7.92. The van der Waals surface area contributed by atoms with E-state index in [2.05, 4.69) is 0 Å². The van der Waals surface area contributed by atoms with Crippen molar-refractivity contribution in [2.75, 3.05) is 0 Å². The maximum absolute atomic E-state index is 11.8. The molecule has 1 aromatic heterocycles. The second-order valence-electron chi connectivity index (χ2n) is 3.61. The van der Waals surface area contributed by atoms with Gasteiger partial charge in [-0.05, 0) is 18.6 Å². The van der Waals surface area contributed by atoms with E-state index in [-0.39, 0.29) is 17.9 Å². The molecule has 0 aromatic carbocycles. The maximum Gasteiger partial charge on any atom is 0.371 e. The van der Waals surface area contributed by atoms with E-state index in [0.717, 1.165) is 6.07 Å². The molecule has 1 atom stereocenters. The molecule has 18 heavy (non-hydrogen) atoms. The molecule has 0 spiro atoms. The van der Waals surface area contributed by atoms with Crippen molar-refractivity contribution < 1.29 is 32.6 Å². The Kier molecular flexibility index (Phi) is 4.12. The number of carbonyl (C=O) groups is 2. The van der Waals surface area contributed by atoms with Crippen LogP contribution in [-0.4, -0.2) is 35.8 Å². The van der Waals surface area contributed by atoms with Crippen molar-refractivity contribution in [3.05, 3.63) is 23.7 Å². The summed E-state index contributed by atoms with van der Waals surface area (Å²) in [4.78, 5) is 21.3. The summed E-state index contributed by atoms with van der Waals surface area (Å²) in [6.07, 6.45) is -0.0653. The molecule has 1 heterocycles. The lowest BCUT2D eigenvalue weighted by molar-refractivity contribution is -0.136. The van der Waals surface area contributed by atoms with Crippen LogP contribution in [0, 0.1) is 0 Å². The lowest BCUT2D eigenvalue weighted by Crippen LogP contribution is -2.30. The Hall–Kier alpha value is -1.83. The predicted molar refractivity (Wildman–Crippen MR) is 60.0 cm³/mol. The molecule has 0 bridgehead atoms. The van der Waals surface area contributed by atoms with E-state index < -0.39 is 32.8 Å². The monoisotopic (exact) mass is 276 g/mol. The number of aromatic carboxylic acids is 1. The molecule has 7 nitrogen and oxygen atoms in total. The van der Waals surface area contributed by atoms with Crippen molar-refractivity contribution in [3.63, 3.8) is 0 Å². The van der Waals surface area contributed by atoms with Crippen LogP contribution in [0.4, 0.5) is 0 Å². The Morgan fingerprint density at radius 1 is 1.33 bits per heavy atom. The van der Waals surface area contributed by atoms with Crippen LogP contribution in [0.2, 0.25) is 0 Å². The van der Waals surface area contributed by atoms with Crippen LogP contribution in [0.15, 0.2) is 16.5 Å². The molecule has 1 aromatic rings. The Morgan fingerprint density at radius 2 is 1.94 bits per heavy atom. The smallest absolute Gasteiger partial charge is 0.371 e. The van der Waals surface area contributed by atoms with Crippen molar-refractivity contribution >= 4 is 21.8 Å². The van der Waals surface area contributed by atoms with Crippen molar-refractivity contribution in [2.45, 2.75) is 24.3 Å². The van der Waals surface area contributed by atoms with E-state index in [1.807, 2.05) is 0 Å². The third-order valence-corrected chi connectivity index (χ3v) is 4.38. The van der Waals surface area contributed by atoms with Gasteiger partial charge < -0.3 is 14.6 Å². The van der Waals surface area contributed by atoms with E-state index in [1.54, 1.807) is 0 Å². The minimum absolute atomic E-state index is 0.0653. The lowest BCUT2D eigenvalue weighted by Gasteiger charge is -2.09. The standard InChI is InChI=1S/C10H12O7S/c1-2-8(10(13)14)18(15,16)5-6-3-4-7(17-6)9(11)12/h3-4,8H,2,5H2,1H3,(H,11,12)(H,13,14). The first-order valence-electron chi connectivity index (χ1n) is 5.04. The van der Waals surface area contributed by atoms with Gasteiger partial charge in [-0.2, -0.15) is 0 Å². The second kappa shape index (κ2) is 5.21. The fourth-order valence-electron chi connectivity index (χ4n) is 1.45. The van der Waals surface area contributed by atoms with Gasteiger partial charge in [-0.15, -0.1) is 0 Å². The number of sulfone groups is 1. The molecule has 0 aliphatic heterocycles. The molecule has 8 heteroatoms. The molecular formula is C10H12O7S. The van der Waals surface area contributed by atoms with Gasteiger partial charge in [-0.1, -0.05) is 6.92 Å². The first kappa shape index (κ1) is 14.2. The average Bonchev–Trinajstić information content (AvgIpc) is 2.64. The molecule has 100 valence electrons. The van der Waals surface area contributed by atoms with Crippen molar-refractivity contribution in [1.29, 1.82) is 0 Å². The minimum atomic E-state index is -3.92. The zero-order chi connectivity index (χ0) is 13.9. The van der Waals surface area contributed by atoms with Crippen LogP contribution in [0.1, 0.15) is 29.7 Å². The minimum Gasteiger partial charge on any atom is -0.480 e. The van der Waals surface area contributed by atoms with Crippen LogP contribution < -0.4 is 0 Å². The van der Waals surface area contributed by atoms with Crippen molar-refractivity contribution in [3.8, 4) is 0 Å². The Morgan fingerprint density at radius 3 is 2.33 bits per heavy atom. The quantitative estimate of drug-likeness (QED) is 0.786. The van der Waals surface area contributed by atoms with E-state index in [1.165, 1.54) is 13.0 Å². The lowest BCUT2D eigenvalue weighted by atomic mass is 10.3. The highest BCUT2D eigenvalue weighted by atomic mass is 32.2. The van der Waals surface area contributed by atoms with Crippen LogP contribution in [-0.2, 0) is 20.4 Å². The van der Waals surface area contributed by atoms with E-state index in [0.29, 0.717) is 0 Å². The summed E-state index contributed by atoms with van der Waals surface area (Å²) in [6.45, 7) is 1.45. The molecule has 0 saturated carbocycles. The van der Waals surface area contributed by atoms with Gasteiger partial charge in [-0.25, -0.2) is 13.2 Å². The SMILES string of the molecule is CCC(C(=O)O)S(=O)(=O)Cc1ccc(C(=O)O)o1. The Labute approximate surface area is 103 Å². The van der Waals surface area contributed by atoms with Gasteiger partial charge in [0, 0.05) is 0 Å². The summed E-state index contributed by atoms with van der Waals surface area (Å²) in [5, 5.41) is 15.9. The van der Waals surface area contributed by atoms with Gasteiger partial charge in [0.2, 0.25) is 5.76 Å². The molecule has 1 unspecified atom stereocenters. The molecule has 0 saturated heterocycles. The second-order valence-corrected chi connectivity index (χ2v) is 5.80. The summed E-state index contributed by atoms with van der Waals surface area (Å²) in [6, 6.07) is 2.32.